The molecular formula is C21H21FN2O5S. The maximum absolute atomic E-state index is 12.8. The topological polar surface area (TPSA) is 92.8 Å². The van der Waals surface area contributed by atoms with E-state index in [0.717, 1.165) is 18.9 Å². The Hall–Kier alpha value is -3.04. The van der Waals surface area contributed by atoms with Crippen LogP contribution >= 0.6 is 0 Å². The number of hydrogen-bond donors (Lipinski definition) is 1. The van der Waals surface area contributed by atoms with E-state index in [1.54, 1.807) is 0 Å². The second-order valence-electron chi connectivity index (χ2n) is 6.68. The van der Waals surface area contributed by atoms with Crippen LogP contribution in [0, 0.1) is 5.82 Å². The van der Waals surface area contributed by atoms with Gasteiger partial charge in [0, 0.05) is 24.9 Å². The summed E-state index contributed by atoms with van der Waals surface area (Å²) < 4.78 is 44.1. The molecule has 1 saturated heterocycles. The molecular weight excluding hydrogens is 411 g/mol. The van der Waals surface area contributed by atoms with Gasteiger partial charge in [-0.2, -0.15) is 4.31 Å². The van der Waals surface area contributed by atoms with Crippen molar-refractivity contribution >= 4 is 33.7 Å². The van der Waals surface area contributed by atoms with Crippen LogP contribution in [-0.2, 0) is 24.3 Å². The van der Waals surface area contributed by atoms with Gasteiger partial charge in [0.25, 0.3) is 5.91 Å². The largest absolute Gasteiger partial charge is 0.452 e. The van der Waals surface area contributed by atoms with E-state index in [9.17, 15) is 22.4 Å². The van der Waals surface area contributed by atoms with Crippen LogP contribution in [0.15, 0.2) is 59.5 Å². The van der Waals surface area contributed by atoms with Crippen molar-refractivity contribution in [2.45, 2.75) is 17.7 Å². The van der Waals surface area contributed by atoms with Crippen LogP contribution in [0.2, 0.25) is 0 Å². The van der Waals surface area contributed by atoms with E-state index in [0.29, 0.717) is 24.3 Å². The second kappa shape index (κ2) is 9.64. The highest BCUT2D eigenvalue weighted by Crippen LogP contribution is 2.22. The Morgan fingerprint density at radius 3 is 2.30 bits per heavy atom. The fourth-order valence-electron chi connectivity index (χ4n) is 2.91. The number of benzene rings is 2. The average Bonchev–Trinajstić information content (AvgIpc) is 3.28. The molecule has 1 heterocycles. The number of anilines is 1. The van der Waals surface area contributed by atoms with Gasteiger partial charge < -0.3 is 10.1 Å². The zero-order chi connectivity index (χ0) is 21.6. The normalized spacial score (nSPS) is 14.7. The highest BCUT2D eigenvalue weighted by atomic mass is 32.2. The minimum Gasteiger partial charge on any atom is -0.452 e. The van der Waals surface area contributed by atoms with E-state index in [1.165, 1.54) is 58.9 Å². The van der Waals surface area contributed by atoms with E-state index >= 15 is 0 Å². The third kappa shape index (κ3) is 5.74. The number of sulfonamides is 1. The van der Waals surface area contributed by atoms with Gasteiger partial charge in [0.15, 0.2) is 6.61 Å². The summed E-state index contributed by atoms with van der Waals surface area (Å²) in [6, 6.07) is 11.4. The molecule has 0 aromatic heterocycles. The number of amides is 1. The van der Waals surface area contributed by atoms with Crippen molar-refractivity contribution in [3.8, 4) is 0 Å². The number of nitrogens with zero attached hydrogens (tertiary/aromatic N) is 1. The number of esters is 1. The molecule has 1 N–H and O–H groups in total. The zero-order valence-electron chi connectivity index (χ0n) is 16.1. The Labute approximate surface area is 174 Å². The summed E-state index contributed by atoms with van der Waals surface area (Å²) in [5, 5.41) is 2.54. The molecule has 1 fully saturated rings. The van der Waals surface area contributed by atoms with Crippen LogP contribution in [0.5, 0.6) is 0 Å². The van der Waals surface area contributed by atoms with E-state index in [-0.39, 0.29) is 10.7 Å². The van der Waals surface area contributed by atoms with Crippen LogP contribution < -0.4 is 5.32 Å². The molecule has 3 rings (SSSR count). The molecule has 1 aliphatic rings. The van der Waals surface area contributed by atoms with Crippen molar-refractivity contribution in [1.82, 2.24) is 4.31 Å². The Morgan fingerprint density at radius 2 is 1.67 bits per heavy atom. The predicted molar refractivity (Wildman–Crippen MR) is 109 cm³/mol. The molecule has 0 saturated carbocycles. The molecule has 2 aromatic carbocycles. The first-order valence-corrected chi connectivity index (χ1v) is 10.8. The molecule has 0 bridgehead atoms. The van der Waals surface area contributed by atoms with Crippen molar-refractivity contribution in [3.63, 3.8) is 0 Å². The molecule has 158 valence electrons. The van der Waals surface area contributed by atoms with Crippen LogP contribution in [0.4, 0.5) is 10.1 Å². The molecule has 7 nitrogen and oxygen atoms in total. The SMILES string of the molecule is O=C(COC(=O)/C=C/c1ccc(F)cc1)Nc1ccc(S(=O)(=O)N2CCCC2)cc1. The van der Waals surface area contributed by atoms with Crippen molar-refractivity contribution < 1.29 is 27.1 Å². The van der Waals surface area contributed by atoms with E-state index in [1.807, 2.05) is 0 Å². The fourth-order valence-corrected chi connectivity index (χ4v) is 4.42. The monoisotopic (exact) mass is 432 g/mol. The summed E-state index contributed by atoms with van der Waals surface area (Å²) in [5.74, 6) is -1.66. The minimum atomic E-state index is -3.51. The lowest BCUT2D eigenvalue weighted by Gasteiger charge is -2.15. The summed E-state index contributed by atoms with van der Waals surface area (Å²) >= 11 is 0. The van der Waals surface area contributed by atoms with Crippen LogP contribution in [0.1, 0.15) is 18.4 Å². The van der Waals surface area contributed by atoms with Crippen molar-refractivity contribution in [2.24, 2.45) is 0 Å². The molecule has 1 amide bonds. The third-order valence-electron chi connectivity index (χ3n) is 4.47. The Morgan fingerprint density at radius 1 is 1.03 bits per heavy atom. The maximum atomic E-state index is 12.8. The smallest absolute Gasteiger partial charge is 0.331 e. The molecule has 2 aromatic rings. The Kier molecular flexibility index (Phi) is 6.96. The van der Waals surface area contributed by atoms with Crippen LogP contribution in [0.25, 0.3) is 6.08 Å². The highest BCUT2D eigenvalue weighted by molar-refractivity contribution is 7.89. The number of carbonyl (C=O) groups is 2. The Bertz CT molecular complexity index is 1030. The van der Waals surface area contributed by atoms with Gasteiger partial charge in [0.2, 0.25) is 10.0 Å². The van der Waals surface area contributed by atoms with Gasteiger partial charge in [-0.25, -0.2) is 17.6 Å². The van der Waals surface area contributed by atoms with Crippen LogP contribution in [-0.4, -0.2) is 44.3 Å². The highest BCUT2D eigenvalue weighted by Gasteiger charge is 2.26. The molecule has 0 unspecified atom stereocenters. The summed E-state index contributed by atoms with van der Waals surface area (Å²) in [4.78, 5) is 23.8. The number of rotatable bonds is 7. The van der Waals surface area contributed by atoms with E-state index in [4.69, 9.17) is 4.74 Å². The predicted octanol–water partition coefficient (Wildman–Crippen LogP) is 2.81. The van der Waals surface area contributed by atoms with Gasteiger partial charge in [0.1, 0.15) is 5.82 Å². The lowest BCUT2D eigenvalue weighted by atomic mass is 10.2. The molecule has 30 heavy (non-hydrogen) atoms. The number of halogens is 1. The summed E-state index contributed by atoms with van der Waals surface area (Å²) in [6.45, 7) is 0.532. The van der Waals surface area contributed by atoms with E-state index in [2.05, 4.69) is 5.32 Å². The summed E-state index contributed by atoms with van der Waals surface area (Å²) in [6.07, 6.45) is 4.29. The van der Waals surface area contributed by atoms with Gasteiger partial charge >= 0.3 is 5.97 Å². The first kappa shape index (κ1) is 21.7. The lowest BCUT2D eigenvalue weighted by molar-refractivity contribution is -0.142. The van der Waals surface area contributed by atoms with Crippen LogP contribution in [0.3, 0.4) is 0 Å². The maximum Gasteiger partial charge on any atom is 0.331 e. The number of ether oxygens (including phenoxy) is 1. The molecule has 0 radical (unpaired) electrons. The lowest BCUT2D eigenvalue weighted by Crippen LogP contribution is -2.27. The minimum absolute atomic E-state index is 0.166. The second-order valence-corrected chi connectivity index (χ2v) is 8.61. The quantitative estimate of drug-likeness (QED) is 0.537. The third-order valence-corrected chi connectivity index (χ3v) is 6.38. The summed E-state index contributed by atoms with van der Waals surface area (Å²) in [7, 11) is -3.51. The standard InChI is InChI=1S/C21H21FN2O5S/c22-17-6-3-16(4-7-17)5-12-21(26)29-15-20(25)23-18-8-10-19(11-9-18)30(27,28)24-13-1-2-14-24/h3-12H,1-2,13-15H2,(H,23,25)/b12-5+. The molecule has 1 aliphatic heterocycles. The number of hydrogen-bond acceptors (Lipinski definition) is 5. The molecule has 0 aliphatic carbocycles. The van der Waals surface area contributed by atoms with Crippen molar-refractivity contribution in [1.29, 1.82) is 0 Å². The van der Waals surface area contributed by atoms with Gasteiger partial charge in [-0.1, -0.05) is 12.1 Å². The number of nitrogens with one attached hydrogen (secondary N) is 1. The molecule has 0 spiro atoms. The average molecular weight is 432 g/mol. The van der Waals surface area contributed by atoms with Gasteiger partial charge in [-0.3, -0.25) is 4.79 Å². The number of carbonyl (C=O) groups excluding carboxylic acids is 2. The van der Waals surface area contributed by atoms with E-state index < -0.39 is 28.5 Å². The van der Waals surface area contributed by atoms with Crippen molar-refractivity contribution in [2.75, 3.05) is 25.0 Å². The first-order valence-electron chi connectivity index (χ1n) is 9.35. The summed E-state index contributed by atoms with van der Waals surface area (Å²) in [5.41, 5.74) is 1.00. The molecule has 0 atom stereocenters. The van der Waals surface area contributed by atoms with Gasteiger partial charge in [-0.05, 0) is 60.9 Å². The van der Waals surface area contributed by atoms with Crippen molar-refractivity contribution in [3.05, 3.63) is 66.0 Å². The first-order chi connectivity index (χ1) is 14.3. The fraction of sp³-hybridized carbons (Fsp3) is 0.238. The zero-order valence-corrected chi connectivity index (χ0v) is 16.9. The Balaban J connectivity index is 1.48. The molecule has 9 heteroatoms. The van der Waals surface area contributed by atoms with Gasteiger partial charge in [0.05, 0.1) is 4.90 Å². The van der Waals surface area contributed by atoms with Gasteiger partial charge in [-0.15, -0.1) is 0 Å².